The number of hydrogen-bond acceptors (Lipinski definition) is 2. The van der Waals surface area contributed by atoms with Crippen molar-refractivity contribution in [3.8, 4) is 0 Å². The molecule has 1 atom stereocenters. The fraction of sp³-hybridized carbons (Fsp3) is 1.00. The summed E-state index contributed by atoms with van der Waals surface area (Å²) in [6.07, 6.45) is 2.85. The molecule has 0 saturated carbocycles. The van der Waals surface area contributed by atoms with Gasteiger partial charge in [0, 0.05) is 0 Å². The Morgan fingerprint density at radius 3 is 2.70 bits per heavy atom. The van der Waals surface area contributed by atoms with Crippen molar-refractivity contribution in [1.29, 1.82) is 0 Å². The molecule has 0 aromatic carbocycles. The molecule has 58 valence electrons. The van der Waals surface area contributed by atoms with Crippen molar-refractivity contribution in [2.24, 2.45) is 0 Å². The first-order chi connectivity index (χ1) is 4.93. The zero-order valence-electron chi connectivity index (χ0n) is 6.80. The van der Waals surface area contributed by atoms with E-state index in [1.807, 2.05) is 13.8 Å². The van der Waals surface area contributed by atoms with Gasteiger partial charge in [0.25, 0.3) is 0 Å². The van der Waals surface area contributed by atoms with Crippen molar-refractivity contribution >= 4 is 26.2 Å². The van der Waals surface area contributed by atoms with Gasteiger partial charge in [-0.15, -0.1) is 0 Å². The predicted octanol–water partition coefficient (Wildman–Crippen LogP) is 1.29. The monoisotopic (exact) mass is 336 g/mol. The maximum atomic E-state index is 5.30. The van der Waals surface area contributed by atoms with E-state index in [0.717, 1.165) is 13.2 Å². The van der Waals surface area contributed by atoms with E-state index in [2.05, 4.69) is 0 Å². The molecule has 0 spiro atoms. The molecule has 3 heteroatoms. The molecule has 0 N–H and O–H groups in total. The van der Waals surface area contributed by atoms with Crippen molar-refractivity contribution in [2.75, 3.05) is 13.2 Å². The van der Waals surface area contributed by atoms with Gasteiger partial charge >= 0.3 is 65.8 Å². The number of ether oxygens (including phenoxy) is 1. The quantitative estimate of drug-likeness (QED) is 0.708. The van der Waals surface area contributed by atoms with Crippen LogP contribution in [0.2, 0.25) is 0 Å². The third-order valence-electron chi connectivity index (χ3n) is 1.31. The average Bonchev–Trinajstić information content (AvgIpc) is 2.46. The molecule has 0 aliphatic carbocycles. The second kappa shape index (κ2) is 7.94. The van der Waals surface area contributed by atoms with Gasteiger partial charge < -0.3 is 0 Å². The van der Waals surface area contributed by atoms with Crippen LogP contribution in [0.4, 0.5) is 0 Å². The van der Waals surface area contributed by atoms with Crippen LogP contribution in [0, 0.1) is 0 Å². The Morgan fingerprint density at radius 2 is 2.30 bits per heavy atom. The van der Waals surface area contributed by atoms with Crippen molar-refractivity contribution in [1.82, 2.24) is 0 Å². The van der Waals surface area contributed by atoms with Crippen LogP contribution < -0.4 is 0 Å². The van der Waals surface area contributed by atoms with Crippen molar-refractivity contribution in [3.63, 3.8) is 0 Å². The van der Waals surface area contributed by atoms with E-state index in [0.29, 0.717) is 32.3 Å². The first kappa shape index (κ1) is 10.8. The molecule has 0 aromatic heterocycles. The molecular weight excluding hydrogens is 320 g/mol. The summed E-state index contributed by atoms with van der Waals surface area (Å²) in [7, 11) is 0. The molecule has 0 amide bonds. The zero-order chi connectivity index (χ0) is 7.82. The fourth-order valence-corrected chi connectivity index (χ4v) is 1.72. The Balaban J connectivity index is 0.000000371. The summed E-state index contributed by atoms with van der Waals surface area (Å²) >= 11 is 0.671. The first-order valence-electron chi connectivity index (χ1n) is 3.87. The van der Waals surface area contributed by atoms with E-state index in [-0.39, 0.29) is 0 Å². The van der Waals surface area contributed by atoms with E-state index < -0.39 is 0 Å². The molecule has 1 heterocycles. The van der Waals surface area contributed by atoms with Crippen LogP contribution in [0.15, 0.2) is 0 Å². The number of rotatable bonds is 2. The molecule has 1 aliphatic rings. The predicted molar refractivity (Wildman–Crippen MR) is 42.0 cm³/mol. The second-order valence-corrected chi connectivity index (χ2v) is 3.26. The third kappa shape index (κ3) is 4.63. The average molecular weight is 336 g/mol. The van der Waals surface area contributed by atoms with E-state index in [4.69, 9.17) is 7.42 Å². The number of hydrogen-bond donors (Lipinski definition) is 0. The molecule has 1 rings (SSSR count). The van der Waals surface area contributed by atoms with E-state index in [1.165, 1.54) is 12.8 Å². The Kier molecular flexibility index (Phi) is 8.61. The van der Waals surface area contributed by atoms with Crippen molar-refractivity contribution < 1.29 is 7.42 Å². The van der Waals surface area contributed by atoms with Gasteiger partial charge in [0.15, 0.2) is 0 Å². The Hall–Kier alpha value is 0.842. The molecular formula is C7H15O2Tl. The topological polar surface area (TPSA) is 18.5 Å². The Bertz CT molecular complexity index is 62.6. The molecule has 1 fully saturated rings. The summed E-state index contributed by atoms with van der Waals surface area (Å²) < 4.78 is 10.4. The zero-order valence-corrected chi connectivity index (χ0v) is 11.3. The van der Waals surface area contributed by atoms with Gasteiger partial charge in [-0.3, -0.25) is 0 Å². The molecule has 2 nitrogen and oxygen atoms in total. The maximum absolute atomic E-state index is 5.30. The van der Waals surface area contributed by atoms with Gasteiger partial charge in [-0.25, -0.2) is 0 Å². The van der Waals surface area contributed by atoms with Crippen molar-refractivity contribution in [2.45, 2.75) is 32.8 Å². The minimum atomic E-state index is 0.431. The van der Waals surface area contributed by atoms with E-state index in [9.17, 15) is 0 Å². The first-order valence-corrected chi connectivity index (χ1v) is 5.70. The third-order valence-corrected chi connectivity index (χ3v) is 2.05. The standard InChI is InChI=1S/C5H9O2.C2H6.Tl/c6-4-5-2-1-3-7-5;1-2;/h5H,1-4H2;1-2H3;/q-1;;+1/t5-;;/m1../s1. The van der Waals surface area contributed by atoms with Crippen molar-refractivity contribution in [3.05, 3.63) is 0 Å². The van der Waals surface area contributed by atoms with Crippen LogP contribution in [-0.4, -0.2) is 45.5 Å². The normalized spacial score (nSPS) is 23.5. The summed E-state index contributed by atoms with van der Waals surface area (Å²) in [6, 6.07) is 0. The van der Waals surface area contributed by atoms with Gasteiger partial charge in [-0.05, 0) is 0 Å². The summed E-state index contributed by atoms with van der Waals surface area (Å²) in [4.78, 5) is 0. The van der Waals surface area contributed by atoms with E-state index >= 15 is 0 Å². The van der Waals surface area contributed by atoms with Crippen LogP contribution in [-0.2, 0) is 7.42 Å². The molecule has 0 bridgehead atoms. The van der Waals surface area contributed by atoms with Crippen LogP contribution in [0.3, 0.4) is 0 Å². The van der Waals surface area contributed by atoms with Gasteiger partial charge in [-0.2, -0.15) is 0 Å². The summed E-state index contributed by atoms with van der Waals surface area (Å²) in [6.45, 7) is 5.78. The van der Waals surface area contributed by atoms with E-state index in [1.54, 1.807) is 0 Å². The summed E-state index contributed by atoms with van der Waals surface area (Å²) in [5, 5.41) is 0. The van der Waals surface area contributed by atoms with Gasteiger partial charge in [0.05, 0.1) is 0 Å². The Labute approximate surface area is 79.6 Å². The molecule has 1 aliphatic heterocycles. The van der Waals surface area contributed by atoms with Crippen LogP contribution in [0.5, 0.6) is 0 Å². The summed E-state index contributed by atoms with van der Waals surface area (Å²) in [5.74, 6) is 0. The molecule has 1 saturated heterocycles. The van der Waals surface area contributed by atoms with Crippen LogP contribution in [0.25, 0.3) is 0 Å². The van der Waals surface area contributed by atoms with Gasteiger partial charge in [0.1, 0.15) is 0 Å². The van der Waals surface area contributed by atoms with Crippen LogP contribution in [0.1, 0.15) is 26.7 Å². The second-order valence-electron chi connectivity index (χ2n) is 1.97. The van der Waals surface area contributed by atoms with Gasteiger partial charge in [0.2, 0.25) is 0 Å². The Morgan fingerprint density at radius 1 is 1.60 bits per heavy atom. The fourth-order valence-electron chi connectivity index (χ4n) is 0.883. The molecule has 10 heavy (non-hydrogen) atoms. The molecule has 0 radical (unpaired) electrons. The summed E-state index contributed by atoms with van der Waals surface area (Å²) in [5.41, 5.74) is 0. The minimum absolute atomic E-state index is 0.431. The molecule has 0 unspecified atom stereocenters. The van der Waals surface area contributed by atoms with Crippen LogP contribution >= 0.6 is 0 Å². The molecule has 0 aromatic rings. The van der Waals surface area contributed by atoms with Gasteiger partial charge in [-0.1, -0.05) is 13.8 Å². The SMILES string of the molecule is CC.[Tl][O]C[C@H]1CCCO1.